The van der Waals surface area contributed by atoms with E-state index in [0.717, 1.165) is 17.1 Å². The maximum absolute atomic E-state index is 11.9. The molecule has 0 radical (unpaired) electrons. The summed E-state index contributed by atoms with van der Waals surface area (Å²) in [5.41, 5.74) is 7.29. The lowest BCUT2D eigenvalue weighted by molar-refractivity contribution is 0.219. The third kappa shape index (κ3) is 3.56. The van der Waals surface area contributed by atoms with Crippen LogP contribution in [0.25, 0.3) is 0 Å². The number of hydrogen-bond donors (Lipinski definition) is 3. The molecular weight excluding hydrogens is 242 g/mol. The number of nitrogens with zero attached hydrogens (tertiary/aromatic N) is 2. The van der Waals surface area contributed by atoms with Gasteiger partial charge in [0, 0.05) is 31.7 Å². The third-order valence-electron chi connectivity index (χ3n) is 2.73. The normalized spacial score (nSPS) is 10.2. The van der Waals surface area contributed by atoms with E-state index < -0.39 is 0 Å². The molecule has 2 aromatic rings. The van der Waals surface area contributed by atoms with Gasteiger partial charge in [0.05, 0.1) is 6.54 Å². The Labute approximate surface area is 111 Å². The van der Waals surface area contributed by atoms with Gasteiger partial charge in [-0.1, -0.05) is 12.1 Å². The summed E-state index contributed by atoms with van der Waals surface area (Å²) in [7, 11) is 1.71. The van der Waals surface area contributed by atoms with Crippen molar-refractivity contribution in [3.63, 3.8) is 0 Å². The highest BCUT2D eigenvalue weighted by molar-refractivity contribution is 5.89. The van der Waals surface area contributed by atoms with E-state index in [9.17, 15) is 4.79 Å². The zero-order chi connectivity index (χ0) is 13.7. The Morgan fingerprint density at radius 2 is 2.16 bits per heavy atom. The summed E-state index contributed by atoms with van der Waals surface area (Å²) in [4.78, 5) is 20.5. The van der Waals surface area contributed by atoms with Crippen LogP contribution in [0.1, 0.15) is 11.4 Å². The van der Waals surface area contributed by atoms with Crippen LogP contribution in [0.3, 0.4) is 0 Å². The number of hydrogen-bond acceptors (Lipinski definition) is 3. The van der Waals surface area contributed by atoms with Crippen LogP contribution in [-0.2, 0) is 13.1 Å². The molecule has 100 valence electrons. The smallest absolute Gasteiger partial charge is 0.321 e. The molecule has 0 saturated heterocycles. The lowest BCUT2D eigenvalue weighted by Gasteiger charge is -2.16. The summed E-state index contributed by atoms with van der Waals surface area (Å²) < 4.78 is 0. The Bertz CT molecular complexity index is 520. The predicted molar refractivity (Wildman–Crippen MR) is 73.4 cm³/mol. The molecule has 0 aliphatic rings. The van der Waals surface area contributed by atoms with E-state index >= 15 is 0 Å². The second-order valence-electron chi connectivity index (χ2n) is 4.22. The number of benzene rings is 1. The highest BCUT2D eigenvalue weighted by Crippen LogP contribution is 2.10. The fourth-order valence-electron chi connectivity index (χ4n) is 1.62. The fourth-order valence-corrected chi connectivity index (χ4v) is 1.62. The van der Waals surface area contributed by atoms with Gasteiger partial charge in [0.15, 0.2) is 0 Å². The van der Waals surface area contributed by atoms with Crippen molar-refractivity contribution in [3.8, 4) is 0 Å². The number of amides is 2. The van der Waals surface area contributed by atoms with Gasteiger partial charge in [0.1, 0.15) is 5.82 Å². The van der Waals surface area contributed by atoms with Crippen LogP contribution >= 0.6 is 0 Å². The number of nitrogens with one attached hydrogen (secondary N) is 2. The van der Waals surface area contributed by atoms with Crippen molar-refractivity contribution in [1.82, 2.24) is 14.9 Å². The van der Waals surface area contributed by atoms with Gasteiger partial charge in [-0.25, -0.2) is 9.78 Å². The highest BCUT2D eigenvalue weighted by Gasteiger charge is 2.10. The number of H-pyrrole nitrogens is 1. The number of anilines is 1. The number of carbonyl (C=O) groups is 1. The molecule has 0 aliphatic carbocycles. The second-order valence-corrected chi connectivity index (χ2v) is 4.22. The number of aromatic nitrogens is 2. The summed E-state index contributed by atoms with van der Waals surface area (Å²) in [5, 5.41) is 2.81. The Morgan fingerprint density at radius 1 is 1.42 bits per heavy atom. The quantitative estimate of drug-likeness (QED) is 0.778. The first kappa shape index (κ1) is 13.1. The van der Waals surface area contributed by atoms with Crippen LogP contribution < -0.4 is 11.1 Å². The van der Waals surface area contributed by atoms with Gasteiger partial charge in [-0.05, 0) is 17.7 Å². The predicted octanol–water partition coefficient (Wildman–Crippen LogP) is 1.53. The summed E-state index contributed by atoms with van der Waals surface area (Å²) in [6.07, 6.45) is 3.39. The molecule has 0 fully saturated rings. The van der Waals surface area contributed by atoms with Gasteiger partial charge >= 0.3 is 6.03 Å². The summed E-state index contributed by atoms with van der Waals surface area (Å²) in [6.45, 7) is 0.923. The molecule has 19 heavy (non-hydrogen) atoms. The molecule has 1 heterocycles. The van der Waals surface area contributed by atoms with Crippen LogP contribution in [0.15, 0.2) is 36.7 Å². The number of nitrogens with two attached hydrogens (primary N) is 1. The molecule has 2 amide bonds. The number of aromatic amines is 1. The lowest BCUT2D eigenvalue weighted by Crippen LogP contribution is -2.31. The SMILES string of the molecule is CN(Cc1ncc[nH]1)C(=O)Nc1ccc(CN)cc1. The second kappa shape index (κ2) is 6.01. The molecule has 1 aromatic heterocycles. The van der Waals surface area contributed by atoms with Gasteiger partial charge in [0.2, 0.25) is 0 Å². The van der Waals surface area contributed by atoms with Crippen LogP contribution in [-0.4, -0.2) is 27.9 Å². The van der Waals surface area contributed by atoms with Crippen molar-refractivity contribution in [2.75, 3.05) is 12.4 Å². The minimum Gasteiger partial charge on any atom is -0.347 e. The van der Waals surface area contributed by atoms with Crippen molar-refractivity contribution in [1.29, 1.82) is 0 Å². The highest BCUT2D eigenvalue weighted by atomic mass is 16.2. The molecule has 0 atom stereocenters. The van der Waals surface area contributed by atoms with E-state index in [1.165, 1.54) is 0 Å². The molecule has 0 bridgehead atoms. The van der Waals surface area contributed by atoms with Gasteiger partial charge in [-0.2, -0.15) is 0 Å². The summed E-state index contributed by atoms with van der Waals surface area (Å²) in [6, 6.07) is 7.27. The molecule has 6 heteroatoms. The number of carbonyl (C=O) groups excluding carboxylic acids is 1. The van der Waals surface area contributed by atoms with Crippen molar-refractivity contribution in [2.24, 2.45) is 5.73 Å². The Balaban J connectivity index is 1.92. The molecule has 0 unspecified atom stereocenters. The van der Waals surface area contributed by atoms with Gasteiger partial charge < -0.3 is 20.9 Å². The first-order valence-corrected chi connectivity index (χ1v) is 5.98. The fraction of sp³-hybridized carbons (Fsp3) is 0.231. The van der Waals surface area contributed by atoms with Crippen LogP contribution in [0, 0.1) is 0 Å². The Kier molecular flexibility index (Phi) is 4.15. The minimum atomic E-state index is -0.183. The molecular formula is C13H17N5O. The van der Waals surface area contributed by atoms with Crippen molar-refractivity contribution in [3.05, 3.63) is 48.0 Å². The molecule has 2 rings (SSSR count). The number of imidazole rings is 1. The van der Waals surface area contributed by atoms with Crippen molar-refractivity contribution < 1.29 is 4.79 Å². The standard InChI is InChI=1S/C13H17N5O/c1-18(9-12-15-6-7-16-12)13(19)17-11-4-2-10(8-14)3-5-11/h2-7H,8-9,14H2,1H3,(H,15,16)(H,17,19). The zero-order valence-electron chi connectivity index (χ0n) is 10.8. The largest absolute Gasteiger partial charge is 0.347 e. The summed E-state index contributed by atoms with van der Waals surface area (Å²) >= 11 is 0. The average Bonchev–Trinajstić information content (AvgIpc) is 2.92. The van der Waals surface area contributed by atoms with E-state index in [-0.39, 0.29) is 6.03 Å². The van der Waals surface area contributed by atoms with Crippen molar-refractivity contribution in [2.45, 2.75) is 13.1 Å². The van der Waals surface area contributed by atoms with E-state index in [2.05, 4.69) is 15.3 Å². The maximum Gasteiger partial charge on any atom is 0.321 e. The molecule has 0 saturated carbocycles. The minimum absolute atomic E-state index is 0.183. The van der Waals surface area contributed by atoms with Gasteiger partial charge in [-0.3, -0.25) is 0 Å². The average molecular weight is 259 g/mol. The molecule has 4 N–H and O–H groups in total. The van der Waals surface area contributed by atoms with Crippen molar-refractivity contribution >= 4 is 11.7 Å². The van der Waals surface area contributed by atoms with E-state index in [1.807, 2.05) is 24.3 Å². The lowest BCUT2D eigenvalue weighted by atomic mass is 10.2. The van der Waals surface area contributed by atoms with Crippen LogP contribution in [0.2, 0.25) is 0 Å². The topological polar surface area (TPSA) is 87.0 Å². The van der Waals surface area contributed by atoms with Gasteiger partial charge in [0.25, 0.3) is 0 Å². The molecule has 0 aliphatic heterocycles. The third-order valence-corrected chi connectivity index (χ3v) is 2.73. The van der Waals surface area contributed by atoms with E-state index in [1.54, 1.807) is 24.3 Å². The zero-order valence-corrected chi connectivity index (χ0v) is 10.8. The summed E-state index contributed by atoms with van der Waals surface area (Å²) in [5.74, 6) is 0.746. The Morgan fingerprint density at radius 3 is 2.74 bits per heavy atom. The molecule has 0 spiro atoms. The van der Waals surface area contributed by atoms with E-state index in [4.69, 9.17) is 5.73 Å². The molecule has 1 aromatic carbocycles. The first-order valence-electron chi connectivity index (χ1n) is 5.98. The van der Waals surface area contributed by atoms with Gasteiger partial charge in [-0.15, -0.1) is 0 Å². The van der Waals surface area contributed by atoms with Crippen LogP contribution in [0.4, 0.5) is 10.5 Å². The number of rotatable bonds is 4. The van der Waals surface area contributed by atoms with Crippen LogP contribution in [0.5, 0.6) is 0 Å². The van der Waals surface area contributed by atoms with E-state index in [0.29, 0.717) is 13.1 Å². The molecule has 6 nitrogen and oxygen atoms in total. The first-order chi connectivity index (χ1) is 9.19. The number of urea groups is 1. The maximum atomic E-state index is 11.9. The Hall–Kier alpha value is -2.34. The monoisotopic (exact) mass is 259 g/mol.